The van der Waals surface area contributed by atoms with Gasteiger partial charge < -0.3 is 8.83 Å². The summed E-state index contributed by atoms with van der Waals surface area (Å²) in [6.45, 7) is 3.79. The van der Waals surface area contributed by atoms with Gasteiger partial charge in [-0.3, -0.25) is 19.2 Å². The van der Waals surface area contributed by atoms with Crippen LogP contribution in [0.25, 0.3) is 0 Å². The summed E-state index contributed by atoms with van der Waals surface area (Å²) in [7, 11) is 0. The molecule has 4 fully saturated rings. The molecule has 0 unspecified atom stereocenters. The molecule has 4 amide bonds. The van der Waals surface area contributed by atoms with E-state index < -0.39 is 47.8 Å². The van der Waals surface area contributed by atoms with Crippen LogP contribution in [0.3, 0.4) is 0 Å². The molecule has 2 aromatic carbocycles. The van der Waals surface area contributed by atoms with E-state index in [1.807, 2.05) is 26.0 Å². The number of imide groups is 2. The molecule has 0 N–H and O–H groups in total. The molecule has 42 heavy (non-hydrogen) atoms. The summed E-state index contributed by atoms with van der Waals surface area (Å²) in [5, 5.41) is 3.51. The summed E-state index contributed by atoms with van der Waals surface area (Å²) in [6, 6.07) is 17.9. The van der Waals surface area contributed by atoms with Crippen LogP contribution in [-0.2, 0) is 19.2 Å². The van der Waals surface area contributed by atoms with Crippen molar-refractivity contribution in [1.82, 2.24) is 10.0 Å². The van der Waals surface area contributed by atoms with Crippen LogP contribution < -0.4 is 9.80 Å². The Bertz CT molecular complexity index is 1640. The average molecular weight is 563 g/mol. The standard InChI is InChI=1S/C32H26N4O6/c1-17-7-3-9-19(15-17)33-29(37)23-25(21-11-5-13-41-21)36-28-24(26(22-12-6-14-42-22)35(36)27(23)31(33)39)30(38)34(32(28)40)20-10-4-8-18(2)16-20/h3-16,23-28H,1-2H3/t23-,24-,25+,26+,27-,28+/m0/s1. The number of anilines is 2. The predicted molar refractivity (Wildman–Crippen MR) is 148 cm³/mol. The number of fused-ring (bicyclic) bond motifs is 5. The molecule has 2 aromatic heterocycles. The van der Waals surface area contributed by atoms with Gasteiger partial charge in [-0.25, -0.2) is 19.8 Å². The monoisotopic (exact) mass is 562 g/mol. The second kappa shape index (κ2) is 8.85. The normalized spacial score (nSPS) is 29.1. The van der Waals surface area contributed by atoms with Crippen LogP contribution in [-0.4, -0.2) is 45.7 Å². The van der Waals surface area contributed by atoms with Crippen LogP contribution in [0, 0.1) is 25.7 Å². The molecule has 10 heteroatoms. The fraction of sp³-hybridized carbons (Fsp3) is 0.250. The lowest BCUT2D eigenvalue weighted by atomic mass is 9.87. The minimum Gasteiger partial charge on any atom is -0.468 e. The number of nitrogens with zero attached hydrogens (tertiary/aromatic N) is 4. The first kappa shape index (κ1) is 25.0. The second-order valence-electron chi connectivity index (χ2n) is 11.3. The van der Waals surface area contributed by atoms with Crippen molar-refractivity contribution in [3.63, 3.8) is 0 Å². The largest absolute Gasteiger partial charge is 0.468 e. The second-order valence-corrected chi connectivity index (χ2v) is 11.3. The van der Waals surface area contributed by atoms with Gasteiger partial charge in [-0.1, -0.05) is 24.3 Å². The molecule has 0 radical (unpaired) electrons. The van der Waals surface area contributed by atoms with Gasteiger partial charge in [0.2, 0.25) is 11.8 Å². The Morgan fingerprint density at radius 3 is 1.31 bits per heavy atom. The summed E-state index contributed by atoms with van der Waals surface area (Å²) in [4.78, 5) is 59.5. The first-order valence-electron chi connectivity index (χ1n) is 13.9. The van der Waals surface area contributed by atoms with Gasteiger partial charge in [0.25, 0.3) is 11.8 Å². The lowest BCUT2D eigenvalue weighted by molar-refractivity contribution is -0.136. The fourth-order valence-electron chi connectivity index (χ4n) is 7.35. The molecule has 4 saturated heterocycles. The lowest BCUT2D eigenvalue weighted by Crippen LogP contribution is -2.50. The zero-order valence-corrected chi connectivity index (χ0v) is 22.8. The number of aryl methyl sites for hydroxylation is 2. The number of rotatable bonds is 4. The van der Waals surface area contributed by atoms with Crippen molar-refractivity contribution >= 4 is 35.0 Å². The van der Waals surface area contributed by atoms with Gasteiger partial charge in [-0.05, 0) is 73.5 Å². The van der Waals surface area contributed by atoms with E-state index in [-0.39, 0.29) is 11.8 Å². The number of amides is 4. The maximum atomic E-state index is 14.3. The van der Waals surface area contributed by atoms with E-state index in [1.54, 1.807) is 70.7 Å². The molecule has 8 rings (SSSR count). The minimum atomic E-state index is -0.971. The first-order chi connectivity index (χ1) is 20.4. The van der Waals surface area contributed by atoms with Crippen molar-refractivity contribution in [3.05, 3.63) is 108 Å². The Hall–Kier alpha value is -4.80. The Balaban J connectivity index is 1.31. The van der Waals surface area contributed by atoms with E-state index in [2.05, 4.69) is 0 Å². The quantitative estimate of drug-likeness (QED) is 0.345. The molecule has 4 aromatic rings. The highest BCUT2D eigenvalue weighted by atomic mass is 16.3. The summed E-state index contributed by atoms with van der Waals surface area (Å²) in [5.41, 5.74) is 2.78. The molecule has 6 heterocycles. The Morgan fingerprint density at radius 1 is 0.524 bits per heavy atom. The van der Waals surface area contributed by atoms with Crippen molar-refractivity contribution in [2.24, 2.45) is 11.8 Å². The van der Waals surface area contributed by atoms with E-state index >= 15 is 0 Å². The van der Waals surface area contributed by atoms with Crippen LogP contribution in [0.5, 0.6) is 0 Å². The van der Waals surface area contributed by atoms with Crippen LogP contribution in [0.4, 0.5) is 11.4 Å². The SMILES string of the molecule is Cc1cccc(N2C(=O)[C@@H]3[C@@H](C2=O)N2[C@H](c4ccco4)[C@@H]4C(=O)N(c5cccc(C)c5)C(=O)[C@@H]4N2[C@@H]3c2ccco2)c1. The molecule has 0 spiro atoms. The van der Waals surface area contributed by atoms with E-state index in [4.69, 9.17) is 8.83 Å². The third kappa shape index (κ3) is 3.21. The van der Waals surface area contributed by atoms with Crippen LogP contribution in [0.2, 0.25) is 0 Å². The topological polar surface area (TPSA) is 108 Å². The molecule has 0 saturated carbocycles. The highest BCUT2D eigenvalue weighted by Gasteiger charge is 2.74. The predicted octanol–water partition coefficient (Wildman–Crippen LogP) is 3.93. The van der Waals surface area contributed by atoms with Crippen molar-refractivity contribution in [3.8, 4) is 0 Å². The molecular weight excluding hydrogens is 536 g/mol. The summed E-state index contributed by atoms with van der Waals surface area (Å²) >= 11 is 0. The summed E-state index contributed by atoms with van der Waals surface area (Å²) in [5.74, 6) is -2.47. The Morgan fingerprint density at radius 2 is 0.952 bits per heavy atom. The molecule has 4 aliphatic rings. The average Bonchev–Trinajstić information content (AvgIpc) is 3.79. The van der Waals surface area contributed by atoms with Gasteiger partial charge in [0.1, 0.15) is 23.6 Å². The number of carbonyl (C=O) groups is 4. The van der Waals surface area contributed by atoms with Gasteiger partial charge in [-0.2, -0.15) is 0 Å². The lowest BCUT2D eigenvalue weighted by Gasteiger charge is -2.34. The summed E-state index contributed by atoms with van der Waals surface area (Å²) < 4.78 is 11.7. The molecule has 210 valence electrons. The van der Waals surface area contributed by atoms with Crippen molar-refractivity contribution in [2.45, 2.75) is 38.0 Å². The van der Waals surface area contributed by atoms with E-state index in [9.17, 15) is 19.2 Å². The molecule has 0 aliphatic carbocycles. The number of hydrogen-bond acceptors (Lipinski definition) is 8. The van der Waals surface area contributed by atoms with Crippen molar-refractivity contribution in [1.29, 1.82) is 0 Å². The zero-order valence-electron chi connectivity index (χ0n) is 22.8. The zero-order chi connectivity index (χ0) is 28.9. The first-order valence-corrected chi connectivity index (χ1v) is 13.9. The smallest absolute Gasteiger partial charge is 0.253 e. The molecule has 6 atom stereocenters. The summed E-state index contributed by atoms with van der Waals surface area (Å²) in [6.07, 6.45) is 3.01. The Labute approximate surface area is 240 Å². The molecular formula is C32H26N4O6. The number of carbonyl (C=O) groups excluding carboxylic acids is 4. The van der Waals surface area contributed by atoms with Crippen LogP contribution in [0.15, 0.2) is 94.2 Å². The molecule has 0 bridgehead atoms. The third-order valence-corrected chi connectivity index (χ3v) is 8.91. The van der Waals surface area contributed by atoms with E-state index in [0.29, 0.717) is 22.9 Å². The van der Waals surface area contributed by atoms with Crippen LogP contribution >= 0.6 is 0 Å². The molecule has 4 aliphatic heterocycles. The Kier molecular flexibility index (Phi) is 5.26. The fourth-order valence-corrected chi connectivity index (χ4v) is 7.35. The third-order valence-electron chi connectivity index (χ3n) is 8.91. The van der Waals surface area contributed by atoms with E-state index in [1.165, 1.54) is 22.3 Å². The van der Waals surface area contributed by atoms with Gasteiger partial charge in [-0.15, -0.1) is 0 Å². The maximum Gasteiger partial charge on any atom is 0.253 e. The van der Waals surface area contributed by atoms with Gasteiger partial charge in [0.05, 0.1) is 47.8 Å². The van der Waals surface area contributed by atoms with Crippen molar-refractivity contribution < 1.29 is 28.0 Å². The minimum absolute atomic E-state index is 0.381. The number of hydrogen-bond donors (Lipinski definition) is 0. The van der Waals surface area contributed by atoms with Crippen molar-refractivity contribution in [2.75, 3.05) is 9.80 Å². The van der Waals surface area contributed by atoms with Crippen LogP contribution in [0.1, 0.15) is 34.7 Å². The number of benzene rings is 2. The van der Waals surface area contributed by atoms with Gasteiger partial charge in [0, 0.05) is 0 Å². The van der Waals surface area contributed by atoms with Gasteiger partial charge in [0.15, 0.2) is 0 Å². The highest BCUT2D eigenvalue weighted by Crippen LogP contribution is 2.59. The molecule has 10 nitrogen and oxygen atoms in total. The van der Waals surface area contributed by atoms with E-state index in [0.717, 1.165) is 11.1 Å². The van der Waals surface area contributed by atoms with Gasteiger partial charge >= 0.3 is 0 Å². The highest BCUT2D eigenvalue weighted by molar-refractivity contribution is 6.26. The maximum absolute atomic E-state index is 14.3. The number of hydrazine groups is 1. The number of furan rings is 2.